The number of aromatic nitrogens is 2. The van der Waals surface area contributed by atoms with Gasteiger partial charge < -0.3 is 0 Å². The molecule has 0 fully saturated rings. The minimum absolute atomic E-state index is 0.0852. The third-order valence-corrected chi connectivity index (χ3v) is 8.23. The van der Waals surface area contributed by atoms with Crippen molar-refractivity contribution in [1.82, 2.24) is 4.57 Å². The summed E-state index contributed by atoms with van der Waals surface area (Å²) in [5.41, 5.74) is 6.00. The molecule has 0 atom stereocenters. The first kappa shape index (κ1) is 26.8. The average Bonchev–Trinajstić information content (AvgIpc) is 3.02. The van der Waals surface area contributed by atoms with Crippen molar-refractivity contribution in [3.63, 3.8) is 0 Å². The van der Waals surface area contributed by atoms with Gasteiger partial charge in [0.05, 0.1) is 13.6 Å². The van der Waals surface area contributed by atoms with Crippen molar-refractivity contribution in [3.05, 3.63) is 94.2 Å². The zero-order valence-electron chi connectivity index (χ0n) is 23.7. The number of allylic oxidation sites excluding steroid dienone is 1. The lowest BCUT2D eigenvalue weighted by atomic mass is 10.00. The molecule has 0 aliphatic heterocycles. The summed E-state index contributed by atoms with van der Waals surface area (Å²) >= 11 is 0. The van der Waals surface area contributed by atoms with E-state index in [9.17, 15) is 0 Å². The van der Waals surface area contributed by atoms with Crippen LogP contribution in [0, 0.1) is 25.7 Å². The molecule has 0 radical (unpaired) electrons. The molecule has 2 aromatic carbocycles. The summed E-state index contributed by atoms with van der Waals surface area (Å²) in [5.74, 6) is 8.50. The molecule has 3 aromatic rings. The summed E-state index contributed by atoms with van der Waals surface area (Å²) in [5, 5.41) is 1.29. The van der Waals surface area contributed by atoms with Gasteiger partial charge in [0, 0.05) is 24.6 Å². The molecular weight excluding hydrogens is 440 g/mol. The Bertz CT molecular complexity index is 1240. The van der Waals surface area contributed by atoms with E-state index in [-0.39, 0.29) is 11.1 Å². The molecule has 3 heteroatoms. The molecular formula is C32H43N2Si+. The zero-order valence-corrected chi connectivity index (χ0v) is 24.7. The van der Waals surface area contributed by atoms with Gasteiger partial charge in [0.25, 0.3) is 5.82 Å². The van der Waals surface area contributed by atoms with Gasteiger partial charge in [0.1, 0.15) is 22.5 Å². The van der Waals surface area contributed by atoms with E-state index in [0.29, 0.717) is 0 Å². The Morgan fingerprint density at radius 3 is 1.77 bits per heavy atom. The molecule has 0 amide bonds. The average molecular weight is 484 g/mol. The van der Waals surface area contributed by atoms with Crippen molar-refractivity contribution in [3.8, 4) is 11.8 Å². The molecule has 0 unspecified atom stereocenters. The molecule has 35 heavy (non-hydrogen) atoms. The topological polar surface area (TPSA) is 8.81 Å². The highest BCUT2D eigenvalue weighted by Gasteiger charge is 2.41. The second-order valence-electron chi connectivity index (χ2n) is 12.5. The lowest BCUT2D eigenvalue weighted by Crippen LogP contribution is -2.55. The van der Waals surface area contributed by atoms with Crippen LogP contribution in [0.4, 0.5) is 0 Å². The second-order valence-corrected chi connectivity index (χ2v) is 17.5. The predicted octanol–water partition coefficient (Wildman–Crippen LogP) is 7.63. The van der Waals surface area contributed by atoms with Gasteiger partial charge in [-0.1, -0.05) is 80.0 Å². The fraction of sp³-hybridized carbons (Fsp3) is 0.406. The van der Waals surface area contributed by atoms with Crippen molar-refractivity contribution in [2.75, 3.05) is 0 Å². The maximum absolute atomic E-state index is 3.72. The van der Waals surface area contributed by atoms with Crippen molar-refractivity contribution in [2.24, 2.45) is 0 Å². The lowest BCUT2D eigenvalue weighted by Gasteiger charge is -2.27. The van der Waals surface area contributed by atoms with E-state index in [0.717, 1.165) is 5.56 Å². The van der Waals surface area contributed by atoms with E-state index in [1.807, 2.05) is 6.07 Å². The summed E-state index contributed by atoms with van der Waals surface area (Å²) < 4.78 is 5.08. The molecule has 184 valence electrons. The fourth-order valence-electron chi connectivity index (χ4n) is 4.88. The molecule has 1 aromatic heterocycles. The number of benzene rings is 2. The third kappa shape index (κ3) is 5.71. The normalized spacial score (nSPS) is 13.2. The molecule has 0 N–H and O–H groups in total. The van der Waals surface area contributed by atoms with Crippen LogP contribution in [-0.2, 0) is 11.1 Å². The van der Waals surface area contributed by atoms with E-state index >= 15 is 0 Å². The van der Waals surface area contributed by atoms with Crippen LogP contribution in [0.2, 0.25) is 19.6 Å². The summed E-state index contributed by atoms with van der Waals surface area (Å²) in [4.78, 5) is 0. The van der Waals surface area contributed by atoms with Crippen LogP contribution in [0.15, 0.2) is 65.9 Å². The number of hydrogen-bond acceptors (Lipinski definition) is 0. The molecule has 2 nitrogen and oxygen atoms in total. The lowest BCUT2D eigenvalue weighted by molar-refractivity contribution is -0.760. The molecule has 0 aliphatic rings. The Kier molecular flexibility index (Phi) is 7.39. The summed E-state index contributed by atoms with van der Waals surface area (Å²) in [6, 6.07) is 21.2. The molecule has 0 saturated carbocycles. The minimum Gasteiger partial charge on any atom is -0.223 e. The van der Waals surface area contributed by atoms with Gasteiger partial charge in [-0.15, -0.1) is 0 Å². The first-order valence-corrected chi connectivity index (χ1v) is 16.2. The largest absolute Gasteiger partial charge is 0.291 e. The zero-order chi connectivity index (χ0) is 26.2. The van der Waals surface area contributed by atoms with Crippen molar-refractivity contribution < 1.29 is 4.57 Å². The summed E-state index contributed by atoms with van der Waals surface area (Å²) in [7, 11) is -1.86. The first-order chi connectivity index (χ1) is 16.1. The minimum atomic E-state index is -1.86. The van der Waals surface area contributed by atoms with E-state index in [4.69, 9.17) is 0 Å². The van der Waals surface area contributed by atoms with E-state index in [1.54, 1.807) is 0 Å². The van der Waals surface area contributed by atoms with Crippen molar-refractivity contribution >= 4 is 13.6 Å². The Morgan fingerprint density at radius 1 is 0.800 bits per heavy atom. The summed E-state index contributed by atoms with van der Waals surface area (Å²) in [6.45, 7) is 25.6. The van der Waals surface area contributed by atoms with Gasteiger partial charge >= 0.3 is 0 Å². The van der Waals surface area contributed by atoms with E-state index in [1.165, 1.54) is 33.5 Å². The number of rotatable bonds is 3. The van der Waals surface area contributed by atoms with Crippen LogP contribution in [-0.4, -0.2) is 12.6 Å². The van der Waals surface area contributed by atoms with Crippen molar-refractivity contribution in [2.45, 2.75) is 86.1 Å². The highest BCUT2D eigenvalue weighted by Crippen LogP contribution is 2.35. The molecule has 0 saturated heterocycles. The monoisotopic (exact) mass is 483 g/mol. The standard InChI is InChI=1S/C32H43N2Si/c1-24-25(2)34(32(6,7)8)30(33(24)31(3,4)5)29(27-20-16-13-17-21-27)28(35(9,10)11)23-22-26-18-14-12-15-19-26/h12-21H,1-11H3/q+1/b29-28+. The van der Waals surface area contributed by atoms with E-state index < -0.39 is 8.07 Å². The number of hydrogen-bond donors (Lipinski definition) is 0. The number of nitrogens with zero attached hydrogens (tertiary/aromatic N) is 2. The highest BCUT2D eigenvalue weighted by atomic mass is 28.3. The third-order valence-electron chi connectivity index (χ3n) is 6.35. The van der Waals surface area contributed by atoms with E-state index in [2.05, 4.69) is 151 Å². The maximum atomic E-state index is 3.72. The summed E-state index contributed by atoms with van der Waals surface area (Å²) in [6.07, 6.45) is 0. The van der Waals surface area contributed by atoms with Gasteiger partial charge in [0.15, 0.2) is 0 Å². The first-order valence-electron chi connectivity index (χ1n) is 12.7. The van der Waals surface area contributed by atoms with Gasteiger partial charge in [0.2, 0.25) is 0 Å². The van der Waals surface area contributed by atoms with Gasteiger partial charge in [-0.05, 0) is 59.2 Å². The van der Waals surface area contributed by atoms with Crippen LogP contribution in [0.3, 0.4) is 0 Å². The molecule has 0 spiro atoms. The highest BCUT2D eigenvalue weighted by molar-refractivity contribution is 6.85. The Balaban J connectivity index is 2.60. The molecule has 1 heterocycles. The van der Waals surface area contributed by atoms with Gasteiger partial charge in [-0.25, -0.2) is 9.13 Å². The predicted molar refractivity (Wildman–Crippen MR) is 153 cm³/mol. The second kappa shape index (κ2) is 9.67. The Morgan fingerprint density at radius 2 is 1.31 bits per heavy atom. The number of imidazole rings is 1. The Labute approximate surface area is 214 Å². The van der Waals surface area contributed by atoms with Crippen molar-refractivity contribution in [1.29, 1.82) is 0 Å². The van der Waals surface area contributed by atoms with Crippen LogP contribution in [0.1, 0.15) is 69.9 Å². The SMILES string of the molecule is Cc1c(C)[n+](C(C)(C)C)c(/C(=C(\C#Cc2ccccc2)[Si](C)(C)C)c2ccccc2)n1C(C)(C)C. The smallest absolute Gasteiger partial charge is 0.223 e. The van der Waals surface area contributed by atoms with Crippen LogP contribution >= 0.6 is 0 Å². The Hall–Kier alpha value is -2.83. The van der Waals surface area contributed by atoms with Crippen LogP contribution in [0.25, 0.3) is 5.57 Å². The van der Waals surface area contributed by atoms with Crippen LogP contribution in [0.5, 0.6) is 0 Å². The fourth-order valence-corrected chi connectivity index (χ4v) is 6.32. The quantitative estimate of drug-likeness (QED) is 0.206. The van der Waals surface area contributed by atoms with Crippen LogP contribution < -0.4 is 4.57 Å². The van der Waals surface area contributed by atoms with Gasteiger partial charge in [-0.2, -0.15) is 0 Å². The molecule has 3 rings (SSSR count). The maximum Gasteiger partial charge on any atom is 0.291 e. The molecule has 0 aliphatic carbocycles. The molecule has 0 bridgehead atoms. The van der Waals surface area contributed by atoms with Gasteiger partial charge in [-0.3, -0.25) is 0 Å².